The van der Waals surface area contributed by atoms with Crippen molar-refractivity contribution in [1.29, 1.82) is 0 Å². The lowest BCUT2D eigenvalue weighted by atomic mass is 9.66. The second-order valence-corrected chi connectivity index (χ2v) is 39.9. The highest BCUT2D eigenvalue weighted by Crippen LogP contribution is 2.42. The minimum absolute atomic E-state index is 0. The zero-order chi connectivity index (χ0) is 79.0. The number of benzene rings is 2. The highest BCUT2D eigenvalue weighted by Gasteiger charge is 2.41. The van der Waals surface area contributed by atoms with E-state index in [0.717, 1.165) is 66.7 Å². The molecule has 104 heavy (non-hydrogen) atoms. The topological polar surface area (TPSA) is 150 Å². The fourth-order valence-electron chi connectivity index (χ4n) is 12.1. The molecule has 590 valence electrons. The van der Waals surface area contributed by atoms with E-state index in [-0.39, 0.29) is 98.6 Å². The molecule has 4 aliphatic rings. The minimum Gasteiger partial charge on any atom is -0.494 e. The number of thiophene rings is 2. The molecule has 2 aromatic heterocycles. The number of carbonyl (C=O) groups excluding carboxylic acids is 7. The second kappa shape index (κ2) is 43.1. The number of nitrogens with zero attached hydrogens (tertiary/aromatic N) is 1. The first-order valence-corrected chi connectivity index (χ1v) is 39.7. The van der Waals surface area contributed by atoms with Crippen LogP contribution in [0.25, 0.3) is 0 Å². The average molecular weight is 1500 g/mol. The summed E-state index contributed by atoms with van der Waals surface area (Å²) in [5.41, 5.74) is 3.98. The van der Waals surface area contributed by atoms with E-state index >= 15 is 0 Å². The quantitative estimate of drug-likeness (QED) is 0.134. The Morgan fingerprint density at radius 3 is 1.43 bits per heavy atom. The number of methoxy groups -OCH3 is 1. The van der Waals surface area contributed by atoms with Crippen molar-refractivity contribution >= 4 is 80.5 Å². The van der Waals surface area contributed by atoms with Crippen LogP contribution in [0, 0.1) is 61.6 Å². The number of fused-ring (bicyclic) bond motifs is 1. The first-order chi connectivity index (χ1) is 46.4. The van der Waals surface area contributed by atoms with Gasteiger partial charge in [0.2, 0.25) is 0 Å². The molecule has 13 heteroatoms. The lowest BCUT2D eigenvalue weighted by molar-refractivity contribution is -0.137. The summed E-state index contributed by atoms with van der Waals surface area (Å²) in [5.74, 6) is 3.98. The monoisotopic (exact) mass is 1500 g/mol. The molecule has 0 spiro atoms. The van der Waals surface area contributed by atoms with Crippen LogP contribution >= 0.6 is 34.3 Å². The van der Waals surface area contributed by atoms with Crippen molar-refractivity contribution in [3.05, 3.63) is 115 Å². The summed E-state index contributed by atoms with van der Waals surface area (Å²) in [6.07, 6.45) is 18.0. The molecule has 8 rings (SSSR count). The Balaban J connectivity index is 0. The highest BCUT2D eigenvalue weighted by atomic mass is 35.5. The van der Waals surface area contributed by atoms with Crippen molar-refractivity contribution < 1.29 is 43.0 Å². The van der Waals surface area contributed by atoms with E-state index in [4.69, 9.17) is 21.1 Å². The summed E-state index contributed by atoms with van der Waals surface area (Å²) in [7, 11) is 1.54. The van der Waals surface area contributed by atoms with Gasteiger partial charge in [0.15, 0.2) is 17.3 Å². The van der Waals surface area contributed by atoms with Crippen molar-refractivity contribution in [3.8, 4) is 11.5 Å². The number of ketones is 7. The zero-order valence-electron chi connectivity index (χ0n) is 69.8. The van der Waals surface area contributed by atoms with Crippen LogP contribution in [0.2, 0.25) is 4.34 Å². The van der Waals surface area contributed by atoms with Gasteiger partial charge in [0.25, 0.3) is 0 Å². The van der Waals surface area contributed by atoms with E-state index in [1.54, 1.807) is 20.1 Å². The maximum Gasteiger partial charge on any atom is 0.178 e. The first kappa shape index (κ1) is 101. The van der Waals surface area contributed by atoms with Gasteiger partial charge in [0.1, 0.15) is 45.1 Å². The van der Waals surface area contributed by atoms with E-state index in [1.807, 2.05) is 207 Å². The van der Waals surface area contributed by atoms with Gasteiger partial charge in [-0.2, -0.15) is 0 Å². The molecule has 0 N–H and O–H groups in total. The SMILES string of the molecule is C.C.CC(=O)C(C)(C)C.CC(C)(C)C(=O)C1(C)CCCCC1.CC(C)(C)C(=O)C1=C2CCCCC2=NC1.CC(C)(C)C(=O)C1CCCCC1.CC(C)(C)C(=O)c1cccs1.CCC(Oc1ccccc1)C(C)(C)C.COc1cc(C(=O)C(C)(C)C)sc1Cl.Cc1ccc(C(C)(C)C(=O)C(C)(C)C)cc1. The maximum absolute atomic E-state index is 12.4. The van der Waals surface area contributed by atoms with E-state index in [2.05, 4.69) is 70.8 Å². The lowest BCUT2D eigenvalue weighted by Gasteiger charge is -2.37. The van der Waals surface area contributed by atoms with Crippen LogP contribution in [0.4, 0.5) is 0 Å². The number of para-hydroxylation sites is 1. The Labute approximate surface area is 649 Å². The van der Waals surface area contributed by atoms with Crippen LogP contribution in [0.1, 0.15) is 342 Å². The normalized spacial score (nSPS) is 15.7. The van der Waals surface area contributed by atoms with Crippen LogP contribution in [-0.4, -0.2) is 66.0 Å². The molecule has 0 bridgehead atoms. The molecule has 2 aromatic carbocycles. The molecule has 1 aliphatic heterocycles. The Kier molecular flexibility index (Phi) is 41.8. The van der Waals surface area contributed by atoms with Gasteiger partial charge in [-0.05, 0) is 126 Å². The number of Topliss-reactive ketones (excluding diaryl/α,β-unsaturated/α-hetero) is 7. The first-order valence-electron chi connectivity index (χ1n) is 37.6. The summed E-state index contributed by atoms with van der Waals surface area (Å²) in [5, 5.41) is 1.93. The van der Waals surface area contributed by atoms with Gasteiger partial charge in [-0.15, -0.1) is 22.7 Å². The number of hydrogen-bond donors (Lipinski definition) is 0. The van der Waals surface area contributed by atoms with Gasteiger partial charge < -0.3 is 9.47 Å². The second-order valence-electron chi connectivity index (χ2n) is 37.3. The van der Waals surface area contributed by atoms with Gasteiger partial charge in [-0.3, -0.25) is 38.6 Å². The summed E-state index contributed by atoms with van der Waals surface area (Å²) in [4.78, 5) is 88.4. The van der Waals surface area contributed by atoms with Gasteiger partial charge in [0, 0.05) is 72.0 Å². The van der Waals surface area contributed by atoms with Gasteiger partial charge in [0.05, 0.1) is 23.4 Å². The smallest absolute Gasteiger partial charge is 0.178 e. The standard InChI is InChI=1S/C15H22O.C13H19NO.C13H20O.C12H22O.C11H20O.C10H13ClO2S.C9H12OS.C6H12O.2CH4/c1-11-7-9-12(10-8-11)15(5,6)13(16)14(2,3)4;1-13(2,3)12(15)10-8-14-11-7-5-4-6-9(10)11;1-5-12(13(2,3)4)14-11-9-7-6-8-10-11;1-11(2,3)10(13)12(4)8-6-5-7-9-12;1-11(2,3)10(12)9-7-5-4-6-8-9;1-10(2,3)8(12)7-5-6(13-4)9(11)14-7;1-9(2,3)8(10)7-5-4-6-11-7;1-5(7)6(2,3)4;;/h7-10H,1-6H3;4-8H2,1-3H3;6-10,12H,5H2,1-4H3;5-9H2,1-4H3;9H,4-8H2,1-3H3;5H,1-4H3;4-6H,1-3H3;1-4H3;2*1H4. The van der Waals surface area contributed by atoms with Crippen LogP contribution in [-0.2, 0) is 29.4 Å². The largest absolute Gasteiger partial charge is 0.494 e. The number of carbonyl (C=O) groups is 7. The third-order valence-corrected chi connectivity index (χ3v) is 20.9. The lowest BCUT2D eigenvalue weighted by Crippen LogP contribution is -2.38. The summed E-state index contributed by atoms with van der Waals surface area (Å²) in [6.45, 7) is 60.6. The number of aliphatic imine (C=N–C) groups is 1. The zero-order valence-corrected chi connectivity index (χ0v) is 72.2. The summed E-state index contributed by atoms with van der Waals surface area (Å²) in [6, 6.07) is 23.7. The van der Waals surface area contributed by atoms with Crippen LogP contribution in [0.15, 0.2) is 94.3 Å². The molecule has 3 saturated carbocycles. The summed E-state index contributed by atoms with van der Waals surface area (Å²) < 4.78 is 11.5. The Morgan fingerprint density at radius 2 is 1.04 bits per heavy atom. The molecule has 1 atom stereocenters. The van der Waals surface area contributed by atoms with Crippen LogP contribution < -0.4 is 9.47 Å². The van der Waals surface area contributed by atoms with Gasteiger partial charge >= 0.3 is 0 Å². The van der Waals surface area contributed by atoms with Crippen molar-refractivity contribution in [2.24, 2.45) is 59.6 Å². The molecule has 4 aromatic rings. The van der Waals surface area contributed by atoms with E-state index in [1.165, 1.54) is 90.9 Å². The molecule has 0 radical (unpaired) electrons. The predicted octanol–water partition coefficient (Wildman–Crippen LogP) is 27.0. The fraction of sp³-hybridized carbons (Fsp3) is 0.670. The number of allylic oxidation sites excluding steroid dienone is 1. The highest BCUT2D eigenvalue weighted by molar-refractivity contribution is 7.18. The molecular formula is C91H148ClNO9S2. The molecule has 3 fully saturated rings. The van der Waals surface area contributed by atoms with Crippen LogP contribution in [0.5, 0.6) is 11.5 Å². The van der Waals surface area contributed by atoms with E-state index < -0.39 is 5.41 Å². The van der Waals surface area contributed by atoms with Crippen molar-refractivity contribution in [3.63, 3.8) is 0 Å². The molecule has 0 saturated heterocycles. The minimum atomic E-state index is -0.411. The average Bonchev–Trinajstić information content (AvgIpc) is 1.20. The number of rotatable bonds is 11. The predicted molar refractivity (Wildman–Crippen MR) is 450 cm³/mol. The maximum atomic E-state index is 12.4. The molecule has 10 nitrogen and oxygen atoms in total. The van der Waals surface area contributed by atoms with E-state index in [0.29, 0.717) is 39.0 Å². The number of ether oxygens (including phenoxy) is 2. The molecule has 1 unspecified atom stereocenters. The Hall–Kier alpha value is -5.17. The third kappa shape index (κ3) is 34.8. The van der Waals surface area contributed by atoms with Crippen molar-refractivity contribution in [2.45, 2.75) is 330 Å². The molecule has 3 heterocycles. The molecular weight excluding hydrogens is 1350 g/mol. The Morgan fingerprint density at radius 1 is 0.567 bits per heavy atom. The Bertz CT molecular complexity index is 3330. The van der Waals surface area contributed by atoms with Crippen molar-refractivity contribution in [2.75, 3.05) is 13.7 Å². The fourth-order valence-corrected chi connectivity index (χ4v) is 14.3. The van der Waals surface area contributed by atoms with Crippen molar-refractivity contribution in [1.82, 2.24) is 0 Å². The summed E-state index contributed by atoms with van der Waals surface area (Å²) >= 11 is 8.65. The van der Waals surface area contributed by atoms with Crippen LogP contribution in [0.3, 0.4) is 0 Å². The van der Waals surface area contributed by atoms with E-state index in [9.17, 15) is 33.6 Å². The number of aryl methyl sites for hydroxylation is 1. The third-order valence-electron chi connectivity index (χ3n) is 18.7. The van der Waals surface area contributed by atoms with Gasteiger partial charge in [-0.1, -0.05) is 299 Å². The molecule has 0 amide bonds. The number of halogens is 1. The molecule has 3 aliphatic carbocycles. The van der Waals surface area contributed by atoms with Gasteiger partial charge in [-0.25, -0.2) is 0 Å². The number of hydrogen-bond acceptors (Lipinski definition) is 12.